The summed E-state index contributed by atoms with van der Waals surface area (Å²) >= 11 is 3.37. The number of halogens is 2. The average Bonchev–Trinajstić information content (AvgIpc) is 2.91. The topological polar surface area (TPSA) is 67.7 Å². The molecule has 0 bridgehead atoms. The molecule has 3 rings (SSSR count). The van der Waals surface area contributed by atoms with Crippen LogP contribution in [0.5, 0.6) is 0 Å². The van der Waals surface area contributed by atoms with Crippen molar-refractivity contribution in [3.8, 4) is 5.69 Å². The number of hydrogen-bond acceptors (Lipinski definition) is 5. The van der Waals surface area contributed by atoms with Gasteiger partial charge in [-0.3, -0.25) is 0 Å². The van der Waals surface area contributed by atoms with Crippen LogP contribution in [0.2, 0.25) is 0 Å². The third-order valence-corrected chi connectivity index (χ3v) is 3.89. The molecule has 0 aliphatic heterocycles. The molecule has 8 heteroatoms. The van der Waals surface area contributed by atoms with Gasteiger partial charge in [-0.25, -0.2) is 14.1 Å². The molecule has 0 saturated carbocycles. The second-order valence-electron chi connectivity index (χ2n) is 4.80. The summed E-state index contributed by atoms with van der Waals surface area (Å²) in [5, 5.41) is 10.4. The Morgan fingerprint density at radius 2 is 1.91 bits per heavy atom. The van der Waals surface area contributed by atoms with Gasteiger partial charge in [0.25, 0.3) is 0 Å². The van der Waals surface area contributed by atoms with Gasteiger partial charge in [-0.1, -0.05) is 0 Å². The quantitative estimate of drug-likeness (QED) is 0.727. The Balaban J connectivity index is 1.89. The van der Waals surface area contributed by atoms with Crippen LogP contribution in [0, 0.1) is 12.7 Å². The Kier molecular flexibility index (Phi) is 4.24. The van der Waals surface area contributed by atoms with Gasteiger partial charge in [0, 0.05) is 13.2 Å². The fourth-order valence-corrected chi connectivity index (χ4v) is 2.49. The third-order valence-electron chi connectivity index (χ3n) is 3.31. The molecule has 0 fully saturated rings. The number of hydrogen-bond donors (Lipinski definition) is 2. The van der Waals surface area contributed by atoms with E-state index in [9.17, 15) is 4.39 Å². The Hall–Kier alpha value is -2.48. The SMILES string of the molecule is CNc1nc(Nc2cnn(-c3ccc(F)cc3)c2C)ncc1Br. The number of nitrogens with zero attached hydrogens (tertiary/aromatic N) is 4. The normalized spacial score (nSPS) is 10.6. The smallest absolute Gasteiger partial charge is 0.229 e. The van der Waals surface area contributed by atoms with Crippen molar-refractivity contribution in [1.82, 2.24) is 19.7 Å². The third kappa shape index (κ3) is 3.16. The first-order valence-electron chi connectivity index (χ1n) is 6.86. The van der Waals surface area contributed by atoms with Gasteiger partial charge >= 0.3 is 0 Å². The zero-order chi connectivity index (χ0) is 16.4. The molecular weight excluding hydrogens is 363 g/mol. The van der Waals surface area contributed by atoms with E-state index in [4.69, 9.17) is 0 Å². The molecular formula is C15H14BrFN6. The summed E-state index contributed by atoms with van der Waals surface area (Å²) in [6.45, 7) is 1.91. The summed E-state index contributed by atoms with van der Waals surface area (Å²) in [6.07, 6.45) is 3.35. The molecule has 0 spiro atoms. The number of benzene rings is 1. The second kappa shape index (κ2) is 6.33. The van der Waals surface area contributed by atoms with Crippen molar-refractivity contribution >= 4 is 33.4 Å². The minimum absolute atomic E-state index is 0.278. The van der Waals surface area contributed by atoms with Crippen LogP contribution in [0.15, 0.2) is 41.1 Å². The van der Waals surface area contributed by atoms with E-state index in [0.717, 1.165) is 21.5 Å². The summed E-state index contributed by atoms with van der Waals surface area (Å²) < 4.78 is 15.5. The van der Waals surface area contributed by atoms with Crippen LogP contribution in [-0.4, -0.2) is 26.8 Å². The predicted octanol–water partition coefficient (Wildman–Crippen LogP) is 3.66. The van der Waals surface area contributed by atoms with E-state index in [0.29, 0.717) is 11.8 Å². The largest absolute Gasteiger partial charge is 0.372 e. The number of anilines is 3. The first kappa shape index (κ1) is 15.4. The molecule has 118 valence electrons. The van der Waals surface area contributed by atoms with E-state index in [2.05, 4.69) is 41.6 Å². The van der Waals surface area contributed by atoms with Crippen molar-refractivity contribution in [3.63, 3.8) is 0 Å². The highest BCUT2D eigenvalue weighted by Crippen LogP contribution is 2.24. The van der Waals surface area contributed by atoms with Crippen molar-refractivity contribution < 1.29 is 4.39 Å². The lowest BCUT2D eigenvalue weighted by molar-refractivity contribution is 0.627. The lowest BCUT2D eigenvalue weighted by Crippen LogP contribution is -2.03. The van der Waals surface area contributed by atoms with E-state index in [1.165, 1.54) is 12.1 Å². The first-order chi connectivity index (χ1) is 11.1. The lowest BCUT2D eigenvalue weighted by Gasteiger charge is -2.08. The molecule has 0 saturated heterocycles. The van der Waals surface area contributed by atoms with Crippen molar-refractivity contribution in [2.75, 3.05) is 17.7 Å². The van der Waals surface area contributed by atoms with E-state index >= 15 is 0 Å². The maximum Gasteiger partial charge on any atom is 0.229 e. The Morgan fingerprint density at radius 3 is 2.61 bits per heavy atom. The van der Waals surface area contributed by atoms with Crippen LogP contribution in [0.4, 0.5) is 21.8 Å². The number of rotatable bonds is 4. The first-order valence-corrected chi connectivity index (χ1v) is 7.65. The molecule has 3 aromatic rings. The minimum atomic E-state index is -0.278. The molecule has 0 unspecified atom stereocenters. The Morgan fingerprint density at radius 1 is 1.17 bits per heavy atom. The van der Waals surface area contributed by atoms with Crippen LogP contribution in [-0.2, 0) is 0 Å². The van der Waals surface area contributed by atoms with Gasteiger partial charge in [0.1, 0.15) is 11.6 Å². The standard InChI is InChI=1S/C15H14BrFN6/c1-9-13(21-15-19-7-12(16)14(18-2)22-15)8-20-23(9)11-5-3-10(17)4-6-11/h3-8H,1-2H3,(H2,18,19,21,22). The molecule has 0 radical (unpaired) electrons. The molecule has 1 aromatic carbocycles. The highest BCUT2D eigenvalue weighted by atomic mass is 79.9. The zero-order valence-corrected chi connectivity index (χ0v) is 14.1. The highest BCUT2D eigenvalue weighted by Gasteiger charge is 2.10. The maximum absolute atomic E-state index is 13.0. The van der Waals surface area contributed by atoms with Gasteiger partial charge in [-0.15, -0.1) is 0 Å². The minimum Gasteiger partial charge on any atom is -0.372 e. The molecule has 6 nitrogen and oxygen atoms in total. The van der Waals surface area contributed by atoms with Crippen LogP contribution in [0.25, 0.3) is 5.69 Å². The average molecular weight is 377 g/mol. The zero-order valence-electron chi connectivity index (χ0n) is 12.5. The van der Waals surface area contributed by atoms with Crippen molar-refractivity contribution in [3.05, 3.63) is 52.6 Å². The van der Waals surface area contributed by atoms with E-state index < -0.39 is 0 Å². The van der Waals surface area contributed by atoms with Gasteiger partial charge < -0.3 is 10.6 Å². The molecule has 23 heavy (non-hydrogen) atoms. The van der Waals surface area contributed by atoms with Crippen molar-refractivity contribution in [1.29, 1.82) is 0 Å². The van der Waals surface area contributed by atoms with Crippen LogP contribution in [0.1, 0.15) is 5.69 Å². The monoisotopic (exact) mass is 376 g/mol. The van der Waals surface area contributed by atoms with Gasteiger partial charge in [0.15, 0.2) is 0 Å². The second-order valence-corrected chi connectivity index (χ2v) is 5.65. The summed E-state index contributed by atoms with van der Waals surface area (Å²) in [4.78, 5) is 8.58. The van der Waals surface area contributed by atoms with Crippen molar-refractivity contribution in [2.24, 2.45) is 0 Å². The highest BCUT2D eigenvalue weighted by molar-refractivity contribution is 9.10. The molecule has 2 aromatic heterocycles. The molecule has 0 aliphatic rings. The number of nitrogens with one attached hydrogen (secondary N) is 2. The van der Waals surface area contributed by atoms with Crippen molar-refractivity contribution in [2.45, 2.75) is 6.92 Å². The van der Waals surface area contributed by atoms with Gasteiger partial charge in [0.2, 0.25) is 5.95 Å². The summed E-state index contributed by atoms with van der Waals surface area (Å²) in [5.41, 5.74) is 2.43. The molecule has 0 atom stereocenters. The summed E-state index contributed by atoms with van der Waals surface area (Å²) in [5.74, 6) is 0.866. The Bertz CT molecular complexity index is 830. The van der Waals surface area contributed by atoms with Crippen LogP contribution < -0.4 is 10.6 Å². The lowest BCUT2D eigenvalue weighted by atomic mass is 10.3. The summed E-state index contributed by atoms with van der Waals surface area (Å²) in [7, 11) is 1.79. The molecule has 2 heterocycles. The van der Waals surface area contributed by atoms with E-state index in [1.807, 2.05) is 6.92 Å². The predicted molar refractivity (Wildman–Crippen MR) is 90.8 cm³/mol. The fourth-order valence-electron chi connectivity index (χ4n) is 2.10. The van der Waals surface area contributed by atoms with Crippen LogP contribution >= 0.6 is 15.9 Å². The van der Waals surface area contributed by atoms with Gasteiger partial charge in [-0.2, -0.15) is 10.1 Å². The molecule has 0 aliphatic carbocycles. The molecule has 2 N–H and O–H groups in total. The molecule has 0 amide bonds. The maximum atomic E-state index is 13.0. The fraction of sp³-hybridized carbons (Fsp3) is 0.133. The Labute approximate surface area is 140 Å². The van der Waals surface area contributed by atoms with Crippen LogP contribution in [0.3, 0.4) is 0 Å². The van der Waals surface area contributed by atoms with E-state index in [-0.39, 0.29) is 5.82 Å². The van der Waals surface area contributed by atoms with Gasteiger partial charge in [-0.05, 0) is 47.1 Å². The van der Waals surface area contributed by atoms with Gasteiger partial charge in [0.05, 0.1) is 27.7 Å². The number of aromatic nitrogens is 4. The van der Waals surface area contributed by atoms with E-state index in [1.54, 1.807) is 36.3 Å². The summed E-state index contributed by atoms with van der Waals surface area (Å²) in [6, 6.07) is 6.16.